The number of nitrogens with two attached hydrogens (primary N) is 1. The van der Waals surface area contributed by atoms with Crippen molar-refractivity contribution in [3.63, 3.8) is 0 Å². The van der Waals surface area contributed by atoms with Crippen LogP contribution in [0.25, 0.3) is 0 Å². The topological polar surface area (TPSA) is 101 Å². The van der Waals surface area contributed by atoms with E-state index >= 15 is 4.39 Å². The second-order valence-corrected chi connectivity index (χ2v) is 9.80. The van der Waals surface area contributed by atoms with Crippen molar-refractivity contribution in [2.75, 3.05) is 6.54 Å². The largest absolute Gasteiger partial charge is 0.390 e. The van der Waals surface area contributed by atoms with Gasteiger partial charge in [0.1, 0.15) is 5.60 Å². The van der Waals surface area contributed by atoms with Gasteiger partial charge in [-0.15, -0.1) is 12.4 Å². The second-order valence-electron chi connectivity index (χ2n) is 9.80. The molecule has 3 unspecified atom stereocenters. The molecule has 4 aliphatic carbocycles. The summed E-state index contributed by atoms with van der Waals surface area (Å²) >= 11 is 0. The molecule has 7 heteroatoms. The van der Waals surface area contributed by atoms with E-state index in [-0.39, 0.29) is 43.0 Å². The number of carbonyl (C=O) groups excluding carboxylic acids is 2. The monoisotopic (exact) mass is 427 g/mol. The predicted octanol–water partition coefficient (Wildman–Crippen LogP) is 2.28. The van der Waals surface area contributed by atoms with Crippen LogP contribution in [0.4, 0.5) is 4.39 Å². The summed E-state index contributed by atoms with van der Waals surface area (Å²) in [5, 5.41) is 22.6. The lowest BCUT2D eigenvalue weighted by atomic mass is 9.44. The lowest BCUT2D eigenvalue weighted by Gasteiger charge is -2.62. The number of aliphatic hydroxyl groups is 2. The number of aliphatic hydroxyl groups excluding tert-OH is 1. The highest BCUT2D eigenvalue weighted by atomic mass is 35.5. The maximum Gasteiger partial charge on any atom is 0.178 e. The van der Waals surface area contributed by atoms with E-state index in [1.165, 1.54) is 12.2 Å². The SMILES string of the molecule is CC1C[C@H]2[C@@H]3CCC4=CC(=O)C=C[C@]4(C)C3(F)C(O)C[C@]2(C)[C@@]1(O)C(=O)CN.Cl. The first-order valence-electron chi connectivity index (χ1n) is 10.2. The molecule has 3 fully saturated rings. The minimum absolute atomic E-state index is 0. The summed E-state index contributed by atoms with van der Waals surface area (Å²) in [6.45, 7) is 5.11. The van der Waals surface area contributed by atoms with Gasteiger partial charge in [-0.05, 0) is 56.6 Å². The molecule has 8 atom stereocenters. The fourth-order valence-electron chi connectivity index (χ4n) is 7.30. The number of ketones is 2. The Balaban J connectivity index is 0.00000240. The average molecular weight is 428 g/mol. The van der Waals surface area contributed by atoms with Gasteiger partial charge in [-0.25, -0.2) is 4.39 Å². The van der Waals surface area contributed by atoms with Gasteiger partial charge in [-0.1, -0.05) is 25.5 Å². The van der Waals surface area contributed by atoms with Crippen LogP contribution in [-0.2, 0) is 9.59 Å². The first kappa shape index (κ1) is 22.6. The van der Waals surface area contributed by atoms with E-state index < -0.39 is 39.9 Å². The molecule has 0 aromatic carbocycles. The summed E-state index contributed by atoms with van der Waals surface area (Å²) in [5.74, 6) is -1.71. The van der Waals surface area contributed by atoms with Gasteiger partial charge in [0.25, 0.3) is 0 Å². The second kappa shape index (κ2) is 6.71. The zero-order chi connectivity index (χ0) is 20.7. The highest BCUT2D eigenvalue weighted by Crippen LogP contribution is 2.70. The first-order valence-corrected chi connectivity index (χ1v) is 10.2. The molecule has 5 nitrogen and oxygen atoms in total. The van der Waals surface area contributed by atoms with Crippen molar-refractivity contribution in [1.82, 2.24) is 0 Å². The maximum absolute atomic E-state index is 16.9. The number of Topliss-reactive ketones (excluding diaryl/α,β-unsaturated/α-hetero) is 1. The highest BCUT2D eigenvalue weighted by Gasteiger charge is 2.75. The first-order chi connectivity index (χ1) is 13.0. The third-order valence-electron chi connectivity index (χ3n) is 8.83. The molecular weight excluding hydrogens is 397 g/mol. The quantitative estimate of drug-likeness (QED) is 0.627. The van der Waals surface area contributed by atoms with Crippen LogP contribution in [0.2, 0.25) is 0 Å². The molecule has 0 aliphatic heterocycles. The van der Waals surface area contributed by atoms with Crippen molar-refractivity contribution in [1.29, 1.82) is 0 Å². The molecule has 0 aromatic heterocycles. The number of halogens is 2. The van der Waals surface area contributed by atoms with Gasteiger partial charge in [0.05, 0.1) is 12.6 Å². The molecule has 4 N–H and O–H groups in total. The van der Waals surface area contributed by atoms with Crippen molar-refractivity contribution < 1.29 is 24.2 Å². The third-order valence-corrected chi connectivity index (χ3v) is 8.83. The van der Waals surface area contributed by atoms with Crippen LogP contribution in [0.15, 0.2) is 23.8 Å². The lowest BCUT2D eigenvalue weighted by molar-refractivity contribution is -0.218. The molecule has 162 valence electrons. The molecule has 4 aliphatic rings. The van der Waals surface area contributed by atoms with E-state index in [9.17, 15) is 19.8 Å². The van der Waals surface area contributed by atoms with Crippen LogP contribution < -0.4 is 5.73 Å². The van der Waals surface area contributed by atoms with E-state index in [1.54, 1.807) is 13.0 Å². The Bertz CT molecular complexity index is 815. The molecule has 0 radical (unpaired) electrons. The lowest BCUT2D eigenvalue weighted by Crippen LogP contribution is -2.69. The van der Waals surface area contributed by atoms with Gasteiger partial charge in [-0.3, -0.25) is 9.59 Å². The Labute approximate surface area is 177 Å². The molecule has 0 heterocycles. The Hall–Kier alpha value is -1.08. The molecule has 0 saturated heterocycles. The standard InChI is InChI=1S/C22H30FNO4.ClH/c1-12-8-16-15-5-4-13-9-14(25)6-7-19(13,2)21(15,23)17(26)10-20(16,3)22(12,28)18(27)11-24;/h6-7,9,12,15-17,26,28H,4-5,8,10-11,24H2,1-3H3;1H/t12?,15-,16-,17?,19-,20-,21?,22-;/m0./s1. The van der Waals surface area contributed by atoms with Gasteiger partial charge in [0.2, 0.25) is 0 Å². The summed E-state index contributed by atoms with van der Waals surface area (Å²) in [6.07, 6.45) is 4.70. The van der Waals surface area contributed by atoms with Gasteiger partial charge >= 0.3 is 0 Å². The van der Waals surface area contributed by atoms with E-state index in [0.717, 1.165) is 5.57 Å². The third kappa shape index (κ3) is 2.43. The predicted molar refractivity (Wildman–Crippen MR) is 109 cm³/mol. The van der Waals surface area contributed by atoms with Crippen molar-refractivity contribution in [2.45, 2.75) is 63.8 Å². The molecule has 4 rings (SSSR count). The Morgan fingerprint density at radius 2 is 2.00 bits per heavy atom. The molecule has 0 amide bonds. The smallest absolute Gasteiger partial charge is 0.178 e. The number of carbonyl (C=O) groups is 2. The fourth-order valence-corrected chi connectivity index (χ4v) is 7.30. The van der Waals surface area contributed by atoms with Crippen LogP contribution in [0.3, 0.4) is 0 Å². The van der Waals surface area contributed by atoms with Crippen molar-refractivity contribution in [3.05, 3.63) is 23.8 Å². The molecule has 29 heavy (non-hydrogen) atoms. The van der Waals surface area contributed by atoms with Gasteiger partial charge in [-0.2, -0.15) is 0 Å². The van der Waals surface area contributed by atoms with E-state index in [2.05, 4.69) is 0 Å². The zero-order valence-electron chi connectivity index (χ0n) is 17.2. The maximum atomic E-state index is 16.9. The number of hydrogen-bond acceptors (Lipinski definition) is 5. The van der Waals surface area contributed by atoms with Gasteiger partial charge < -0.3 is 15.9 Å². The van der Waals surface area contributed by atoms with Gasteiger partial charge in [0.15, 0.2) is 17.2 Å². The normalized spacial score (nSPS) is 50.7. The highest BCUT2D eigenvalue weighted by molar-refractivity contribution is 6.01. The Morgan fingerprint density at radius 1 is 1.34 bits per heavy atom. The van der Waals surface area contributed by atoms with E-state index in [0.29, 0.717) is 19.3 Å². The van der Waals surface area contributed by atoms with Crippen molar-refractivity contribution >= 4 is 24.0 Å². The van der Waals surface area contributed by atoms with Crippen molar-refractivity contribution in [2.24, 2.45) is 34.3 Å². The number of hydrogen-bond donors (Lipinski definition) is 3. The molecule has 0 aromatic rings. The van der Waals surface area contributed by atoms with E-state index in [4.69, 9.17) is 5.73 Å². The molecule has 0 bridgehead atoms. The Morgan fingerprint density at radius 3 is 2.62 bits per heavy atom. The summed E-state index contributed by atoms with van der Waals surface area (Å²) in [5.41, 5.74) is 0.711. The van der Waals surface area contributed by atoms with Gasteiger partial charge in [0, 0.05) is 16.7 Å². The number of rotatable bonds is 2. The van der Waals surface area contributed by atoms with Crippen LogP contribution in [-0.4, -0.2) is 45.7 Å². The molecular formula is C22H31ClFNO4. The molecule has 0 spiro atoms. The number of alkyl halides is 1. The van der Waals surface area contributed by atoms with Crippen LogP contribution in [0.1, 0.15) is 46.5 Å². The summed E-state index contributed by atoms with van der Waals surface area (Å²) in [7, 11) is 0. The van der Waals surface area contributed by atoms with E-state index in [1.807, 2.05) is 13.8 Å². The average Bonchev–Trinajstić information content (AvgIpc) is 2.84. The van der Waals surface area contributed by atoms with Crippen molar-refractivity contribution in [3.8, 4) is 0 Å². The fraction of sp³-hybridized carbons (Fsp3) is 0.727. The van der Waals surface area contributed by atoms with Crippen LogP contribution in [0.5, 0.6) is 0 Å². The number of fused-ring (bicyclic) bond motifs is 5. The zero-order valence-corrected chi connectivity index (χ0v) is 18.0. The number of allylic oxidation sites excluding steroid dienone is 4. The molecule has 3 saturated carbocycles. The summed E-state index contributed by atoms with van der Waals surface area (Å²) < 4.78 is 16.9. The minimum Gasteiger partial charge on any atom is -0.390 e. The minimum atomic E-state index is -1.95. The van der Waals surface area contributed by atoms with Crippen LogP contribution in [0, 0.1) is 28.6 Å². The summed E-state index contributed by atoms with van der Waals surface area (Å²) in [4.78, 5) is 24.5. The summed E-state index contributed by atoms with van der Waals surface area (Å²) in [6, 6.07) is 0. The van der Waals surface area contributed by atoms with Crippen LogP contribution >= 0.6 is 12.4 Å². The Kier molecular flexibility index (Phi) is 5.23.